The van der Waals surface area contributed by atoms with E-state index in [1.165, 1.54) is 24.0 Å². The quantitative estimate of drug-likeness (QED) is 0.804. The van der Waals surface area contributed by atoms with Crippen molar-refractivity contribution in [3.05, 3.63) is 47.0 Å². The molecular formula is C15H16ClN3. The molecule has 2 aliphatic carbocycles. The minimum atomic E-state index is 0.461. The maximum absolute atomic E-state index is 5.99. The maximum Gasteiger partial charge on any atom is 0.148 e. The highest BCUT2D eigenvalue weighted by molar-refractivity contribution is 6.16. The third-order valence-corrected chi connectivity index (χ3v) is 4.48. The van der Waals surface area contributed by atoms with E-state index in [0.29, 0.717) is 17.8 Å². The van der Waals surface area contributed by atoms with E-state index < -0.39 is 0 Å². The van der Waals surface area contributed by atoms with Gasteiger partial charge in [0.1, 0.15) is 11.6 Å². The average Bonchev–Trinajstić information content (AvgIpc) is 3.04. The Labute approximate surface area is 117 Å². The summed E-state index contributed by atoms with van der Waals surface area (Å²) < 4.78 is 2.31. The fourth-order valence-corrected chi connectivity index (χ4v) is 3.36. The van der Waals surface area contributed by atoms with Crippen LogP contribution in [0.5, 0.6) is 0 Å². The topological polar surface area (TPSA) is 30.7 Å². The van der Waals surface area contributed by atoms with Crippen molar-refractivity contribution in [3.63, 3.8) is 0 Å². The van der Waals surface area contributed by atoms with Crippen LogP contribution in [0.3, 0.4) is 0 Å². The molecule has 2 aromatic rings. The Morgan fingerprint density at radius 2 is 1.79 bits per heavy atom. The van der Waals surface area contributed by atoms with Gasteiger partial charge in [-0.3, -0.25) is 0 Å². The lowest BCUT2D eigenvalue weighted by Crippen LogP contribution is -2.10. The summed E-state index contributed by atoms with van der Waals surface area (Å²) >= 11 is 5.99. The molecule has 98 valence electrons. The van der Waals surface area contributed by atoms with Crippen LogP contribution in [0.1, 0.15) is 47.6 Å². The second-order valence-electron chi connectivity index (χ2n) is 5.58. The number of benzene rings is 1. The number of nitrogens with zero attached hydrogens (tertiary/aromatic N) is 3. The normalized spacial score (nSPS) is 18.8. The van der Waals surface area contributed by atoms with Crippen LogP contribution in [-0.4, -0.2) is 14.8 Å². The molecule has 0 amide bonds. The van der Waals surface area contributed by atoms with Gasteiger partial charge in [0.15, 0.2) is 0 Å². The molecule has 0 radical (unpaired) electrons. The second kappa shape index (κ2) is 4.34. The van der Waals surface area contributed by atoms with Gasteiger partial charge < -0.3 is 4.57 Å². The second-order valence-corrected chi connectivity index (χ2v) is 5.85. The summed E-state index contributed by atoms with van der Waals surface area (Å²) in [5.74, 6) is 3.02. The van der Waals surface area contributed by atoms with Gasteiger partial charge in [-0.05, 0) is 36.8 Å². The van der Waals surface area contributed by atoms with Gasteiger partial charge in [0.05, 0.1) is 5.88 Å². The predicted octanol–water partition coefficient (Wildman–Crippen LogP) is 3.23. The van der Waals surface area contributed by atoms with Crippen molar-refractivity contribution in [2.75, 3.05) is 0 Å². The van der Waals surface area contributed by atoms with E-state index in [1.807, 2.05) is 0 Å². The van der Waals surface area contributed by atoms with Gasteiger partial charge in [-0.15, -0.1) is 21.8 Å². The van der Waals surface area contributed by atoms with E-state index in [2.05, 4.69) is 39.0 Å². The molecule has 1 aromatic carbocycles. The van der Waals surface area contributed by atoms with Crippen LogP contribution in [-0.2, 0) is 18.7 Å². The Bertz CT molecular complexity index is 591. The van der Waals surface area contributed by atoms with Crippen LogP contribution < -0.4 is 0 Å². The van der Waals surface area contributed by atoms with E-state index >= 15 is 0 Å². The fraction of sp³-hybridized carbons (Fsp3) is 0.467. The fourth-order valence-electron chi connectivity index (χ4n) is 3.18. The van der Waals surface area contributed by atoms with Crippen molar-refractivity contribution in [3.8, 4) is 0 Å². The lowest BCUT2D eigenvalue weighted by molar-refractivity contribution is 0.589. The number of fused-ring (bicyclic) bond motifs is 1. The van der Waals surface area contributed by atoms with Crippen LogP contribution >= 0.6 is 11.6 Å². The Hall–Kier alpha value is -1.35. The van der Waals surface area contributed by atoms with Crippen LogP contribution in [0.15, 0.2) is 24.3 Å². The van der Waals surface area contributed by atoms with Gasteiger partial charge in [-0.2, -0.15) is 0 Å². The zero-order valence-electron chi connectivity index (χ0n) is 10.7. The number of halogens is 1. The molecule has 0 N–H and O–H groups in total. The van der Waals surface area contributed by atoms with Gasteiger partial charge in [-0.25, -0.2) is 0 Å². The van der Waals surface area contributed by atoms with Crippen LogP contribution in [0.25, 0.3) is 0 Å². The monoisotopic (exact) mass is 273 g/mol. The molecule has 4 heteroatoms. The van der Waals surface area contributed by atoms with Crippen molar-refractivity contribution in [2.45, 2.75) is 43.5 Å². The zero-order chi connectivity index (χ0) is 12.8. The summed E-state index contributed by atoms with van der Waals surface area (Å²) in [7, 11) is 0. The first-order valence-electron chi connectivity index (χ1n) is 6.93. The van der Waals surface area contributed by atoms with Gasteiger partial charge in [0, 0.05) is 12.0 Å². The molecule has 4 rings (SSSR count). The summed E-state index contributed by atoms with van der Waals surface area (Å²) in [6.45, 7) is 0. The van der Waals surface area contributed by atoms with Crippen molar-refractivity contribution >= 4 is 11.6 Å². The van der Waals surface area contributed by atoms with E-state index in [1.54, 1.807) is 0 Å². The molecule has 0 aliphatic heterocycles. The number of alkyl halides is 1. The number of hydrogen-bond acceptors (Lipinski definition) is 2. The number of rotatable bonds is 3. The van der Waals surface area contributed by atoms with E-state index in [4.69, 9.17) is 11.6 Å². The molecule has 1 heterocycles. The Kier molecular flexibility index (Phi) is 2.62. The van der Waals surface area contributed by atoms with Gasteiger partial charge >= 0.3 is 0 Å². The van der Waals surface area contributed by atoms with E-state index in [-0.39, 0.29) is 0 Å². The zero-order valence-corrected chi connectivity index (χ0v) is 11.5. The predicted molar refractivity (Wildman–Crippen MR) is 74.4 cm³/mol. The van der Waals surface area contributed by atoms with Crippen molar-refractivity contribution < 1.29 is 0 Å². The van der Waals surface area contributed by atoms with Crippen LogP contribution in [0, 0.1) is 0 Å². The molecular weight excluding hydrogens is 258 g/mol. The minimum Gasteiger partial charge on any atom is -0.311 e. The molecule has 0 atom stereocenters. The van der Waals surface area contributed by atoms with E-state index in [9.17, 15) is 0 Å². The summed E-state index contributed by atoms with van der Waals surface area (Å²) in [5, 5.41) is 8.73. The number of aromatic nitrogens is 3. The standard InChI is InChI=1S/C15H16ClN3/c16-9-14-17-18-15(19(14)13-5-6-13)12-7-10-3-1-2-4-11(10)8-12/h1-4,12-13H,5-9H2. The first-order valence-corrected chi connectivity index (χ1v) is 7.46. The molecule has 0 unspecified atom stereocenters. The maximum atomic E-state index is 5.99. The SMILES string of the molecule is ClCc1nnc(C2Cc3ccccc3C2)n1C1CC1. The highest BCUT2D eigenvalue weighted by Gasteiger charge is 2.34. The Morgan fingerprint density at radius 1 is 1.11 bits per heavy atom. The third-order valence-electron chi connectivity index (χ3n) is 4.24. The summed E-state index contributed by atoms with van der Waals surface area (Å²) in [5.41, 5.74) is 2.93. The summed E-state index contributed by atoms with van der Waals surface area (Å²) in [4.78, 5) is 0. The first-order chi connectivity index (χ1) is 9.36. The lowest BCUT2D eigenvalue weighted by atomic mass is 10.1. The van der Waals surface area contributed by atoms with Crippen molar-refractivity contribution in [2.24, 2.45) is 0 Å². The molecule has 0 saturated heterocycles. The smallest absolute Gasteiger partial charge is 0.148 e. The summed E-state index contributed by atoms with van der Waals surface area (Å²) in [6, 6.07) is 9.31. The summed E-state index contributed by atoms with van der Waals surface area (Å²) in [6.07, 6.45) is 4.66. The van der Waals surface area contributed by atoms with Crippen molar-refractivity contribution in [1.29, 1.82) is 0 Å². The van der Waals surface area contributed by atoms with Crippen LogP contribution in [0.4, 0.5) is 0 Å². The highest BCUT2D eigenvalue weighted by Crippen LogP contribution is 2.41. The van der Waals surface area contributed by atoms with Gasteiger partial charge in [-0.1, -0.05) is 24.3 Å². The van der Waals surface area contributed by atoms with Crippen molar-refractivity contribution in [1.82, 2.24) is 14.8 Å². The molecule has 1 fully saturated rings. The molecule has 19 heavy (non-hydrogen) atoms. The number of hydrogen-bond donors (Lipinski definition) is 0. The molecule has 3 nitrogen and oxygen atoms in total. The van der Waals surface area contributed by atoms with E-state index in [0.717, 1.165) is 24.5 Å². The molecule has 1 aromatic heterocycles. The minimum absolute atomic E-state index is 0.461. The average molecular weight is 274 g/mol. The Morgan fingerprint density at radius 3 is 2.37 bits per heavy atom. The van der Waals surface area contributed by atoms with Gasteiger partial charge in [0.2, 0.25) is 0 Å². The largest absolute Gasteiger partial charge is 0.311 e. The highest BCUT2D eigenvalue weighted by atomic mass is 35.5. The lowest BCUT2D eigenvalue weighted by Gasteiger charge is -2.12. The van der Waals surface area contributed by atoms with Crippen LogP contribution in [0.2, 0.25) is 0 Å². The molecule has 0 bridgehead atoms. The molecule has 0 spiro atoms. The first kappa shape index (κ1) is 11.5. The van der Waals surface area contributed by atoms with Gasteiger partial charge in [0.25, 0.3) is 0 Å². The molecule has 1 saturated carbocycles. The third kappa shape index (κ3) is 1.88. The Balaban J connectivity index is 1.70. The molecule has 2 aliphatic rings.